The highest BCUT2D eigenvalue weighted by atomic mass is 16.5. The summed E-state index contributed by atoms with van der Waals surface area (Å²) in [7, 11) is 0. The standard InChI is InChI=1S/C14H20O4/c1-2-3-6-16-7-8-17-11-4-5-12-13(15)10-18-14(12)9-11/h4-5,9,13,15H,2-3,6-8,10H2,1H3. The van der Waals surface area contributed by atoms with E-state index in [0.717, 1.165) is 30.8 Å². The van der Waals surface area contributed by atoms with Crippen molar-refractivity contribution < 1.29 is 19.3 Å². The van der Waals surface area contributed by atoms with E-state index in [1.165, 1.54) is 0 Å². The van der Waals surface area contributed by atoms with Crippen LogP contribution in [0.3, 0.4) is 0 Å². The zero-order chi connectivity index (χ0) is 12.8. The van der Waals surface area contributed by atoms with E-state index in [4.69, 9.17) is 14.2 Å². The van der Waals surface area contributed by atoms with Gasteiger partial charge in [0.05, 0.1) is 6.61 Å². The van der Waals surface area contributed by atoms with Crippen molar-refractivity contribution >= 4 is 0 Å². The van der Waals surface area contributed by atoms with Gasteiger partial charge in [0.25, 0.3) is 0 Å². The van der Waals surface area contributed by atoms with E-state index in [-0.39, 0.29) is 0 Å². The molecular formula is C14H20O4. The van der Waals surface area contributed by atoms with Gasteiger partial charge in [-0.2, -0.15) is 0 Å². The second kappa shape index (κ2) is 6.61. The van der Waals surface area contributed by atoms with Crippen LogP contribution in [0.15, 0.2) is 18.2 Å². The average Bonchev–Trinajstić information content (AvgIpc) is 2.75. The Bertz CT molecular complexity index is 378. The largest absolute Gasteiger partial charge is 0.491 e. The van der Waals surface area contributed by atoms with Crippen LogP contribution in [0.2, 0.25) is 0 Å². The Morgan fingerprint density at radius 2 is 2.22 bits per heavy atom. The Morgan fingerprint density at radius 1 is 1.33 bits per heavy atom. The summed E-state index contributed by atoms with van der Waals surface area (Å²) in [4.78, 5) is 0. The van der Waals surface area contributed by atoms with E-state index in [0.29, 0.717) is 25.6 Å². The lowest BCUT2D eigenvalue weighted by Gasteiger charge is -2.08. The van der Waals surface area contributed by atoms with Gasteiger partial charge in [-0.25, -0.2) is 0 Å². The molecule has 0 amide bonds. The molecule has 1 N–H and O–H groups in total. The number of hydrogen-bond donors (Lipinski definition) is 1. The number of aliphatic hydroxyl groups is 1. The molecule has 1 aliphatic heterocycles. The van der Waals surface area contributed by atoms with Gasteiger partial charge in [0.2, 0.25) is 0 Å². The molecule has 1 atom stereocenters. The summed E-state index contributed by atoms with van der Waals surface area (Å²) in [5.74, 6) is 1.47. The fraction of sp³-hybridized carbons (Fsp3) is 0.571. The van der Waals surface area contributed by atoms with Crippen LogP contribution in [0.5, 0.6) is 11.5 Å². The second-order valence-corrected chi connectivity index (χ2v) is 4.34. The molecule has 4 nitrogen and oxygen atoms in total. The minimum atomic E-state index is -0.508. The molecule has 1 unspecified atom stereocenters. The molecule has 1 aliphatic rings. The van der Waals surface area contributed by atoms with Gasteiger partial charge >= 0.3 is 0 Å². The van der Waals surface area contributed by atoms with E-state index in [9.17, 15) is 5.11 Å². The highest BCUT2D eigenvalue weighted by molar-refractivity contribution is 5.44. The topological polar surface area (TPSA) is 47.9 Å². The quantitative estimate of drug-likeness (QED) is 0.756. The molecular weight excluding hydrogens is 232 g/mol. The maximum Gasteiger partial charge on any atom is 0.129 e. The van der Waals surface area contributed by atoms with Crippen molar-refractivity contribution in [3.8, 4) is 11.5 Å². The summed E-state index contributed by atoms with van der Waals surface area (Å²) in [5.41, 5.74) is 0.835. The van der Waals surface area contributed by atoms with Crippen LogP contribution in [0.25, 0.3) is 0 Å². The third-order valence-corrected chi connectivity index (χ3v) is 2.88. The lowest BCUT2D eigenvalue weighted by atomic mass is 10.1. The van der Waals surface area contributed by atoms with Crippen molar-refractivity contribution in [3.05, 3.63) is 23.8 Å². The van der Waals surface area contributed by atoms with Crippen LogP contribution >= 0.6 is 0 Å². The van der Waals surface area contributed by atoms with Gasteiger partial charge in [-0.05, 0) is 18.6 Å². The molecule has 2 rings (SSSR count). The Hall–Kier alpha value is -1.26. The first kappa shape index (κ1) is 13.2. The molecule has 0 aromatic heterocycles. The summed E-state index contributed by atoms with van der Waals surface area (Å²) < 4.78 is 16.3. The molecule has 100 valence electrons. The number of rotatable bonds is 7. The fourth-order valence-corrected chi connectivity index (χ4v) is 1.83. The van der Waals surface area contributed by atoms with Gasteiger partial charge in [-0.1, -0.05) is 13.3 Å². The van der Waals surface area contributed by atoms with E-state index < -0.39 is 6.10 Å². The van der Waals surface area contributed by atoms with Crippen molar-refractivity contribution in [2.75, 3.05) is 26.4 Å². The van der Waals surface area contributed by atoms with Crippen molar-refractivity contribution in [2.45, 2.75) is 25.9 Å². The highest BCUT2D eigenvalue weighted by Gasteiger charge is 2.21. The summed E-state index contributed by atoms with van der Waals surface area (Å²) in [6.07, 6.45) is 1.72. The van der Waals surface area contributed by atoms with Crippen molar-refractivity contribution in [2.24, 2.45) is 0 Å². The monoisotopic (exact) mass is 252 g/mol. The van der Waals surface area contributed by atoms with Gasteiger partial charge in [0.15, 0.2) is 0 Å². The minimum absolute atomic E-state index is 0.332. The zero-order valence-electron chi connectivity index (χ0n) is 10.7. The fourth-order valence-electron chi connectivity index (χ4n) is 1.83. The summed E-state index contributed by atoms with van der Waals surface area (Å²) in [6.45, 7) is 4.39. The summed E-state index contributed by atoms with van der Waals surface area (Å²) in [6, 6.07) is 5.51. The van der Waals surface area contributed by atoms with Crippen LogP contribution in [0, 0.1) is 0 Å². The number of fused-ring (bicyclic) bond motifs is 1. The predicted octanol–water partition coefficient (Wildman–Crippen LogP) is 2.31. The van der Waals surface area contributed by atoms with Gasteiger partial charge in [-0.3, -0.25) is 0 Å². The highest BCUT2D eigenvalue weighted by Crippen LogP contribution is 2.34. The molecule has 0 saturated heterocycles. The first-order valence-corrected chi connectivity index (χ1v) is 6.46. The number of aliphatic hydroxyl groups excluding tert-OH is 1. The van der Waals surface area contributed by atoms with E-state index in [1.807, 2.05) is 18.2 Å². The Kier molecular flexibility index (Phi) is 4.84. The maximum absolute atomic E-state index is 9.58. The molecule has 4 heteroatoms. The Labute approximate surface area is 107 Å². The molecule has 0 aliphatic carbocycles. The van der Waals surface area contributed by atoms with E-state index in [2.05, 4.69) is 6.92 Å². The molecule has 0 bridgehead atoms. The molecule has 0 saturated carbocycles. The van der Waals surface area contributed by atoms with Crippen molar-refractivity contribution in [1.82, 2.24) is 0 Å². The minimum Gasteiger partial charge on any atom is -0.491 e. The average molecular weight is 252 g/mol. The van der Waals surface area contributed by atoms with Crippen molar-refractivity contribution in [1.29, 1.82) is 0 Å². The van der Waals surface area contributed by atoms with Crippen LogP contribution in [0.4, 0.5) is 0 Å². The molecule has 0 fully saturated rings. The summed E-state index contributed by atoms with van der Waals surface area (Å²) >= 11 is 0. The van der Waals surface area contributed by atoms with Crippen LogP contribution in [-0.2, 0) is 4.74 Å². The van der Waals surface area contributed by atoms with Gasteiger partial charge in [0.1, 0.15) is 30.8 Å². The van der Waals surface area contributed by atoms with E-state index in [1.54, 1.807) is 0 Å². The van der Waals surface area contributed by atoms with Gasteiger partial charge in [0, 0.05) is 18.2 Å². The Balaban J connectivity index is 1.74. The third-order valence-electron chi connectivity index (χ3n) is 2.88. The van der Waals surface area contributed by atoms with Gasteiger partial charge in [-0.15, -0.1) is 0 Å². The predicted molar refractivity (Wildman–Crippen MR) is 68.1 cm³/mol. The molecule has 1 aromatic carbocycles. The molecule has 1 heterocycles. The van der Waals surface area contributed by atoms with Gasteiger partial charge < -0.3 is 19.3 Å². The SMILES string of the molecule is CCCCOCCOc1ccc2c(c1)OCC2O. The molecule has 1 aromatic rings. The number of hydrogen-bond acceptors (Lipinski definition) is 4. The lowest BCUT2D eigenvalue weighted by Crippen LogP contribution is -2.07. The number of ether oxygens (including phenoxy) is 3. The molecule has 0 spiro atoms. The molecule has 0 radical (unpaired) electrons. The first-order chi connectivity index (χ1) is 8.81. The zero-order valence-corrected chi connectivity index (χ0v) is 10.7. The second-order valence-electron chi connectivity index (χ2n) is 4.34. The van der Waals surface area contributed by atoms with Crippen molar-refractivity contribution in [3.63, 3.8) is 0 Å². The van der Waals surface area contributed by atoms with Crippen LogP contribution < -0.4 is 9.47 Å². The summed E-state index contributed by atoms with van der Waals surface area (Å²) in [5, 5.41) is 9.58. The van der Waals surface area contributed by atoms with Crippen LogP contribution in [-0.4, -0.2) is 31.5 Å². The third kappa shape index (κ3) is 3.37. The maximum atomic E-state index is 9.58. The number of benzene rings is 1. The van der Waals surface area contributed by atoms with Crippen LogP contribution in [0.1, 0.15) is 31.4 Å². The normalized spacial score (nSPS) is 17.3. The smallest absolute Gasteiger partial charge is 0.129 e. The lowest BCUT2D eigenvalue weighted by molar-refractivity contribution is 0.0980. The number of unbranched alkanes of at least 4 members (excludes halogenated alkanes) is 1. The first-order valence-electron chi connectivity index (χ1n) is 6.46. The Morgan fingerprint density at radius 3 is 3.06 bits per heavy atom. The van der Waals surface area contributed by atoms with E-state index >= 15 is 0 Å². The molecule has 18 heavy (non-hydrogen) atoms.